The molecule has 1 saturated carbocycles. The standard InChI is InChI=1S/C15H24O3/c1-9(2)10-8-12-11(6-7-15(12,5)17)14(3,4)18-13(10)16/h11-12,17H,6-8H2,1-5H3/t11-,12+,15+/m1/s1. The summed E-state index contributed by atoms with van der Waals surface area (Å²) in [4.78, 5) is 12.2. The Morgan fingerprint density at radius 3 is 2.44 bits per heavy atom. The normalized spacial score (nSPS) is 39.0. The van der Waals surface area contributed by atoms with Crippen molar-refractivity contribution in [3.05, 3.63) is 11.1 Å². The van der Waals surface area contributed by atoms with Crippen LogP contribution >= 0.6 is 0 Å². The van der Waals surface area contributed by atoms with E-state index in [0.717, 1.165) is 24.0 Å². The summed E-state index contributed by atoms with van der Waals surface area (Å²) in [5.41, 5.74) is 0.577. The van der Waals surface area contributed by atoms with Crippen molar-refractivity contribution in [3.8, 4) is 0 Å². The van der Waals surface area contributed by atoms with Crippen LogP contribution in [-0.2, 0) is 9.53 Å². The van der Waals surface area contributed by atoms with Gasteiger partial charge >= 0.3 is 5.97 Å². The predicted octanol–water partition coefficient (Wildman–Crippen LogP) is 2.83. The van der Waals surface area contributed by atoms with Gasteiger partial charge < -0.3 is 9.84 Å². The lowest BCUT2D eigenvalue weighted by molar-refractivity contribution is -0.156. The van der Waals surface area contributed by atoms with Crippen LogP contribution < -0.4 is 0 Å². The fourth-order valence-electron chi connectivity index (χ4n) is 3.55. The monoisotopic (exact) mass is 252 g/mol. The molecule has 3 heteroatoms. The van der Waals surface area contributed by atoms with E-state index in [9.17, 15) is 9.90 Å². The zero-order valence-electron chi connectivity index (χ0n) is 12.0. The van der Waals surface area contributed by atoms with Gasteiger partial charge in [-0.15, -0.1) is 0 Å². The lowest BCUT2D eigenvalue weighted by Crippen LogP contribution is -2.40. The molecule has 1 N–H and O–H groups in total. The van der Waals surface area contributed by atoms with Crippen LogP contribution in [0.1, 0.15) is 53.9 Å². The van der Waals surface area contributed by atoms with Crippen molar-refractivity contribution in [2.45, 2.75) is 65.1 Å². The Morgan fingerprint density at radius 1 is 1.28 bits per heavy atom. The minimum atomic E-state index is -0.684. The summed E-state index contributed by atoms with van der Waals surface area (Å²) >= 11 is 0. The molecule has 2 rings (SSSR count). The smallest absolute Gasteiger partial charge is 0.334 e. The van der Waals surface area contributed by atoms with E-state index in [1.807, 2.05) is 34.6 Å². The summed E-state index contributed by atoms with van der Waals surface area (Å²) in [5.74, 6) is 0.155. The first kappa shape index (κ1) is 13.6. The number of fused-ring (bicyclic) bond motifs is 1. The zero-order valence-corrected chi connectivity index (χ0v) is 12.0. The molecule has 1 heterocycles. The van der Waals surface area contributed by atoms with Crippen molar-refractivity contribution in [1.82, 2.24) is 0 Å². The lowest BCUT2D eigenvalue weighted by atomic mass is 9.76. The molecule has 0 aromatic heterocycles. The topological polar surface area (TPSA) is 46.5 Å². The van der Waals surface area contributed by atoms with Crippen LogP contribution in [0.25, 0.3) is 0 Å². The summed E-state index contributed by atoms with van der Waals surface area (Å²) in [6.45, 7) is 9.71. The molecule has 18 heavy (non-hydrogen) atoms. The van der Waals surface area contributed by atoms with E-state index >= 15 is 0 Å². The molecular weight excluding hydrogens is 228 g/mol. The summed E-state index contributed by atoms with van der Waals surface area (Å²) in [7, 11) is 0. The molecule has 0 amide bonds. The molecule has 0 bridgehead atoms. The molecule has 2 aliphatic rings. The van der Waals surface area contributed by atoms with Crippen molar-refractivity contribution < 1.29 is 14.6 Å². The van der Waals surface area contributed by atoms with E-state index in [0.29, 0.717) is 6.42 Å². The molecule has 102 valence electrons. The third-order valence-electron chi connectivity index (χ3n) is 4.77. The molecule has 0 aromatic rings. The van der Waals surface area contributed by atoms with Gasteiger partial charge in [-0.1, -0.05) is 5.57 Å². The first-order valence-corrected chi connectivity index (χ1v) is 6.77. The highest BCUT2D eigenvalue weighted by Gasteiger charge is 2.53. The summed E-state index contributed by atoms with van der Waals surface area (Å²) in [6.07, 6.45) is 2.36. The maximum atomic E-state index is 12.2. The van der Waals surface area contributed by atoms with Crippen molar-refractivity contribution in [1.29, 1.82) is 0 Å². The zero-order chi connectivity index (χ0) is 13.7. The van der Waals surface area contributed by atoms with Gasteiger partial charge in [-0.2, -0.15) is 0 Å². The van der Waals surface area contributed by atoms with Crippen LogP contribution in [0.15, 0.2) is 11.1 Å². The van der Waals surface area contributed by atoms with Crippen molar-refractivity contribution in [3.63, 3.8) is 0 Å². The molecule has 3 atom stereocenters. The van der Waals surface area contributed by atoms with E-state index in [1.54, 1.807) is 0 Å². The second-order valence-corrected chi connectivity index (χ2v) is 6.78. The van der Waals surface area contributed by atoms with Crippen LogP contribution in [0.2, 0.25) is 0 Å². The SMILES string of the molecule is CC(C)=C1C[C@H]2[C@@H](CC[C@]2(C)O)C(C)(C)OC1=O. The Hall–Kier alpha value is -0.830. The van der Waals surface area contributed by atoms with Gasteiger partial charge in [-0.25, -0.2) is 4.79 Å². The van der Waals surface area contributed by atoms with Gasteiger partial charge in [0.15, 0.2) is 0 Å². The third-order valence-corrected chi connectivity index (χ3v) is 4.77. The maximum absolute atomic E-state index is 12.2. The number of allylic oxidation sites excluding steroid dienone is 1. The fraction of sp³-hybridized carbons (Fsp3) is 0.800. The quantitative estimate of drug-likeness (QED) is 0.532. The number of cyclic esters (lactones) is 1. The van der Waals surface area contributed by atoms with Gasteiger partial charge in [0.2, 0.25) is 0 Å². The van der Waals surface area contributed by atoms with Gasteiger partial charge in [0.1, 0.15) is 5.60 Å². The second-order valence-electron chi connectivity index (χ2n) is 6.78. The van der Waals surface area contributed by atoms with E-state index in [-0.39, 0.29) is 17.8 Å². The number of hydrogen-bond donors (Lipinski definition) is 1. The Balaban J connectivity index is 2.45. The Morgan fingerprint density at radius 2 is 1.89 bits per heavy atom. The summed E-state index contributed by atoms with van der Waals surface area (Å²) in [5, 5.41) is 10.5. The molecule has 0 spiro atoms. The molecule has 0 radical (unpaired) electrons. The second kappa shape index (κ2) is 4.09. The number of aliphatic hydroxyl groups is 1. The predicted molar refractivity (Wildman–Crippen MR) is 70.0 cm³/mol. The minimum Gasteiger partial charge on any atom is -0.456 e. The number of esters is 1. The van der Waals surface area contributed by atoms with Crippen LogP contribution in [-0.4, -0.2) is 22.3 Å². The molecule has 1 aliphatic carbocycles. The average Bonchev–Trinajstić information content (AvgIpc) is 2.43. The summed E-state index contributed by atoms with van der Waals surface area (Å²) in [6, 6.07) is 0. The average molecular weight is 252 g/mol. The molecule has 1 aliphatic heterocycles. The maximum Gasteiger partial charge on any atom is 0.334 e. The van der Waals surface area contributed by atoms with Crippen LogP contribution in [0.3, 0.4) is 0 Å². The Labute approximate surface area is 109 Å². The van der Waals surface area contributed by atoms with Crippen LogP contribution in [0, 0.1) is 11.8 Å². The molecule has 2 fully saturated rings. The largest absolute Gasteiger partial charge is 0.456 e. The van der Waals surface area contributed by atoms with E-state index in [1.165, 1.54) is 0 Å². The molecule has 0 unspecified atom stereocenters. The highest BCUT2D eigenvalue weighted by atomic mass is 16.6. The number of hydrogen-bond acceptors (Lipinski definition) is 3. The van der Waals surface area contributed by atoms with Gasteiger partial charge in [-0.3, -0.25) is 0 Å². The number of ether oxygens (including phenoxy) is 1. The third kappa shape index (κ3) is 2.09. The highest BCUT2D eigenvalue weighted by Crippen LogP contribution is 2.51. The molecule has 0 aromatic carbocycles. The van der Waals surface area contributed by atoms with Gasteiger partial charge in [0.25, 0.3) is 0 Å². The van der Waals surface area contributed by atoms with Gasteiger partial charge in [-0.05, 0) is 59.8 Å². The first-order chi connectivity index (χ1) is 8.15. The molecule has 1 saturated heterocycles. The number of carbonyl (C=O) groups is 1. The number of rotatable bonds is 0. The van der Waals surface area contributed by atoms with E-state index < -0.39 is 11.2 Å². The highest BCUT2D eigenvalue weighted by molar-refractivity contribution is 5.90. The molecule has 3 nitrogen and oxygen atoms in total. The van der Waals surface area contributed by atoms with Crippen molar-refractivity contribution in [2.24, 2.45) is 11.8 Å². The fourth-order valence-corrected chi connectivity index (χ4v) is 3.55. The molecular formula is C15H24O3. The van der Waals surface area contributed by atoms with Crippen molar-refractivity contribution >= 4 is 5.97 Å². The first-order valence-electron chi connectivity index (χ1n) is 6.77. The Bertz CT molecular complexity index is 400. The van der Waals surface area contributed by atoms with E-state index in [2.05, 4.69) is 0 Å². The Kier molecular flexibility index (Phi) is 3.09. The van der Waals surface area contributed by atoms with Crippen LogP contribution in [0.4, 0.5) is 0 Å². The van der Waals surface area contributed by atoms with Crippen molar-refractivity contribution in [2.75, 3.05) is 0 Å². The van der Waals surface area contributed by atoms with Crippen LogP contribution in [0.5, 0.6) is 0 Å². The van der Waals surface area contributed by atoms with Gasteiger partial charge in [0.05, 0.1) is 5.60 Å². The van der Waals surface area contributed by atoms with Gasteiger partial charge in [0, 0.05) is 11.5 Å². The van der Waals surface area contributed by atoms with E-state index in [4.69, 9.17) is 4.74 Å². The minimum absolute atomic E-state index is 0.115. The number of carbonyl (C=O) groups excluding carboxylic acids is 1. The lowest BCUT2D eigenvalue weighted by Gasteiger charge is -2.35. The summed E-state index contributed by atoms with van der Waals surface area (Å²) < 4.78 is 5.67.